The van der Waals surface area contributed by atoms with Gasteiger partial charge in [-0.2, -0.15) is 0 Å². The van der Waals surface area contributed by atoms with Crippen LogP contribution in [0.15, 0.2) is 12.3 Å². The lowest BCUT2D eigenvalue weighted by Crippen LogP contribution is -2.33. The second kappa shape index (κ2) is 6.55. The van der Waals surface area contributed by atoms with E-state index in [1.807, 2.05) is 13.0 Å². The Labute approximate surface area is 98.1 Å². The van der Waals surface area contributed by atoms with Gasteiger partial charge in [-0.05, 0) is 33.9 Å². The highest BCUT2D eigenvalue weighted by Crippen LogP contribution is 1.94. The largest absolute Gasteiger partial charge is 0.310 e. The van der Waals surface area contributed by atoms with Gasteiger partial charge >= 0.3 is 0 Å². The Morgan fingerprint density at radius 1 is 1.44 bits per heavy atom. The minimum Gasteiger partial charge on any atom is -0.310 e. The van der Waals surface area contributed by atoms with Crippen molar-refractivity contribution in [3.8, 4) is 0 Å². The van der Waals surface area contributed by atoms with E-state index < -0.39 is 0 Å². The smallest absolute Gasteiger partial charge is 0.125 e. The Morgan fingerprint density at radius 3 is 2.81 bits per heavy atom. The van der Waals surface area contributed by atoms with Crippen molar-refractivity contribution in [2.75, 3.05) is 20.1 Å². The summed E-state index contributed by atoms with van der Waals surface area (Å²) in [6.45, 7) is 9.17. The minimum absolute atomic E-state index is 0.600. The topological polar surface area (TPSA) is 41.1 Å². The van der Waals surface area contributed by atoms with Crippen LogP contribution in [0.25, 0.3) is 0 Å². The molecule has 0 radical (unpaired) electrons. The molecule has 16 heavy (non-hydrogen) atoms. The van der Waals surface area contributed by atoms with Crippen molar-refractivity contribution in [2.24, 2.45) is 0 Å². The van der Waals surface area contributed by atoms with Gasteiger partial charge in [-0.15, -0.1) is 0 Å². The summed E-state index contributed by atoms with van der Waals surface area (Å²) in [5.41, 5.74) is 1.06. The van der Waals surface area contributed by atoms with Crippen molar-refractivity contribution < 1.29 is 0 Å². The Bertz CT molecular complexity index is 312. The van der Waals surface area contributed by atoms with Crippen molar-refractivity contribution in [2.45, 2.75) is 33.4 Å². The molecule has 0 atom stereocenters. The van der Waals surface area contributed by atoms with E-state index in [-0.39, 0.29) is 0 Å². The fourth-order valence-corrected chi connectivity index (χ4v) is 1.33. The van der Waals surface area contributed by atoms with Crippen LogP contribution in [0.5, 0.6) is 0 Å². The summed E-state index contributed by atoms with van der Waals surface area (Å²) in [5.74, 6) is 0.832. The standard InChI is InChI=1S/C12H22N4/c1-10(2)16(4)8-7-13-9-12-5-6-14-11(3)15-12/h5-6,10,13H,7-9H2,1-4H3. The molecule has 0 bridgehead atoms. The first kappa shape index (κ1) is 13.1. The van der Waals surface area contributed by atoms with Gasteiger partial charge in [0.05, 0.1) is 5.69 Å². The maximum Gasteiger partial charge on any atom is 0.125 e. The molecule has 1 N–H and O–H groups in total. The van der Waals surface area contributed by atoms with Crippen LogP contribution in [-0.4, -0.2) is 41.0 Å². The first-order valence-corrected chi connectivity index (χ1v) is 5.79. The molecule has 0 fully saturated rings. The van der Waals surface area contributed by atoms with E-state index >= 15 is 0 Å². The van der Waals surface area contributed by atoms with Crippen molar-refractivity contribution in [1.82, 2.24) is 20.2 Å². The van der Waals surface area contributed by atoms with Crippen LogP contribution < -0.4 is 5.32 Å². The lowest BCUT2D eigenvalue weighted by atomic mass is 10.3. The van der Waals surface area contributed by atoms with Crippen LogP contribution in [0.1, 0.15) is 25.4 Å². The molecule has 1 heterocycles. The number of aromatic nitrogens is 2. The van der Waals surface area contributed by atoms with Gasteiger partial charge < -0.3 is 10.2 Å². The molecule has 4 nitrogen and oxygen atoms in total. The van der Waals surface area contributed by atoms with Gasteiger partial charge in [-0.3, -0.25) is 0 Å². The molecular formula is C12H22N4. The van der Waals surface area contributed by atoms with Crippen LogP contribution in [0.3, 0.4) is 0 Å². The van der Waals surface area contributed by atoms with Gasteiger partial charge in [0.1, 0.15) is 5.82 Å². The van der Waals surface area contributed by atoms with Gasteiger partial charge in [0.2, 0.25) is 0 Å². The van der Waals surface area contributed by atoms with Crippen LogP contribution in [0.2, 0.25) is 0 Å². The number of aryl methyl sites for hydroxylation is 1. The van der Waals surface area contributed by atoms with Crippen molar-refractivity contribution in [3.63, 3.8) is 0 Å². The molecule has 1 aromatic heterocycles. The highest BCUT2D eigenvalue weighted by molar-refractivity contribution is 5.00. The number of nitrogens with one attached hydrogen (secondary N) is 1. The Balaban J connectivity index is 2.21. The van der Waals surface area contributed by atoms with Gasteiger partial charge in [-0.1, -0.05) is 0 Å². The van der Waals surface area contributed by atoms with E-state index in [4.69, 9.17) is 0 Å². The van der Waals surface area contributed by atoms with E-state index in [1.54, 1.807) is 6.20 Å². The van der Waals surface area contributed by atoms with Crippen LogP contribution in [0, 0.1) is 6.92 Å². The molecule has 1 aromatic rings. The third-order valence-electron chi connectivity index (χ3n) is 2.66. The predicted octanol–water partition coefficient (Wildman–Crippen LogP) is 1.21. The molecular weight excluding hydrogens is 200 g/mol. The number of nitrogens with zero attached hydrogens (tertiary/aromatic N) is 3. The lowest BCUT2D eigenvalue weighted by molar-refractivity contribution is 0.273. The molecule has 0 saturated heterocycles. The molecule has 0 saturated carbocycles. The van der Waals surface area contributed by atoms with Crippen molar-refractivity contribution in [3.05, 3.63) is 23.8 Å². The number of hydrogen-bond donors (Lipinski definition) is 1. The molecule has 0 spiro atoms. The fourth-order valence-electron chi connectivity index (χ4n) is 1.33. The van der Waals surface area contributed by atoms with E-state index in [1.165, 1.54) is 0 Å². The number of likely N-dealkylation sites (N-methyl/N-ethyl adjacent to an activating group) is 1. The maximum absolute atomic E-state index is 4.34. The van der Waals surface area contributed by atoms with Crippen molar-refractivity contribution >= 4 is 0 Å². The minimum atomic E-state index is 0.600. The third kappa shape index (κ3) is 4.68. The maximum atomic E-state index is 4.34. The molecule has 1 rings (SSSR count). The van der Waals surface area contributed by atoms with Gasteiger partial charge in [-0.25, -0.2) is 9.97 Å². The van der Waals surface area contributed by atoms with Gasteiger partial charge in [0.25, 0.3) is 0 Å². The van der Waals surface area contributed by atoms with Crippen molar-refractivity contribution in [1.29, 1.82) is 0 Å². The lowest BCUT2D eigenvalue weighted by Gasteiger charge is -2.20. The molecule has 0 aliphatic rings. The molecule has 4 heteroatoms. The fraction of sp³-hybridized carbons (Fsp3) is 0.667. The van der Waals surface area contributed by atoms with E-state index in [0.29, 0.717) is 6.04 Å². The summed E-state index contributed by atoms with van der Waals surface area (Å²) in [5, 5.41) is 3.38. The highest BCUT2D eigenvalue weighted by Gasteiger charge is 2.01. The zero-order valence-electron chi connectivity index (χ0n) is 10.7. The average Bonchev–Trinajstić information content (AvgIpc) is 2.24. The normalized spacial score (nSPS) is 11.4. The quantitative estimate of drug-likeness (QED) is 0.735. The highest BCUT2D eigenvalue weighted by atomic mass is 15.1. The summed E-state index contributed by atoms with van der Waals surface area (Å²) >= 11 is 0. The Kier molecular flexibility index (Phi) is 5.35. The zero-order chi connectivity index (χ0) is 12.0. The van der Waals surface area contributed by atoms with Gasteiger partial charge in [0.15, 0.2) is 0 Å². The van der Waals surface area contributed by atoms with Crippen LogP contribution in [-0.2, 0) is 6.54 Å². The second-order valence-corrected chi connectivity index (χ2v) is 4.35. The second-order valence-electron chi connectivity index (χ2n) is 4.35. The summed E-state index contributed by atoms with van der Waals surface area (Å²) in [6, 6.07) is 2.55. The summed E-state index contributed by atoms with van der Waals surface area (Å²) < 4.78 is 0. The molecule has 0 aliphatic heterocycles. The first-order chi connectivity index (χ1) is 7.59. The van der Waals surface area contributed by atoms with E-state index in [2.05, 4.69) is 41.1 Å². The summed E-state index contributed by atoms with van der Waals surface area (Å²) in [4.78, 5) is 10.7. The SMILES string of the molecule is Cc1nccc(CNCCN(C)C(C)C)n1. The molecule has 0 aromatic carbocycles. The van der Waals surface area contributed by atoms with Crippen LogP contribution in [0.4, 0.5) is 0 Å². The number of hydrogen-bond acceptors (Lipinski definition) is 4. The first-order valence-electron chi connectivity index (χ1n) is 5.79. The summed E-state index contributed by atoms with van der Waals surface area (Å²) in [7, 11) is 2.14. The molecule has 0 aliphatic carbocycles. The molecule has 90 valence electrons. The molecule has 0 amide bonds. The monoisotopic (exact) mass is 222 g/mol. The number of rotatable bonds is 6. The van der Waals surface area contributed by atoms with E-state index in [0.717, 1.165) is 31.2 Å². The van der Waals surface area contributed by atoms with E-state index in [9.17, 15) is 0 Å². The third-order valence-corrected chi connectivity index (χ3v) is 2.66. The Hall–Kier alpha value is -1.00. The van der Waals surface area contributed by atoms with Gasteiger partial charge in [0, 0.05) is 31.9 Å². The summed E-state index contributed by atoms with van der Waals surface area (Å²) in [6.07, 6.45) is 1.81. The molecule has 0 unspecified atom stereocenters. The predicted molar refractivity (Wildman–Crippen MR) is 66.2 cm³/mol. The zero-order valence-corrected chi connectivity index (χ0v) is 10.7. The average molecular weight is 222 g/mol. The van der Waals surface area contributed by atoms with Crippen LogP contribution >= 0.6 is 0 Å². The Morgan fingerprint density at radius 2 is 2.19 bits per heavy atom.